The molecule has 0 saturated carbocycles. The third kappa shape index (κ3) is 10.4. The highest BCUT2D eigenvalue weighted by molar-refractivity contribution is 5.94. The van der Waals surface area contributed by atoms with E-state index in [0.717, 1.165) is 0 Å². The van der Waals surface area contributed by atoms with Crippen molar-refractivity contribution < 1.29 is 24.3 Å². The molecule has 12 N–H and O–H groups in total. The SMILES string of the molecule is CC(C)C(NC(=O)C(Cc1cnc[nH]1)NC(=O)C(N)Cc1cnc[nH]1)C(=O)NC(CCCN=C(N)N)C(=O)O. The molecule has 2 rings (SSSR count). The van der Waals surface area contributed by atoms with Gasteiger partial charge in [0.05, 0.1) is 18.7 Å². The number of carbonyl (C=O) groups excluding carboxylic acids is 3. The molecule has 0 radical (unpaired) electrons. The summed E-state index contributed by atoms with van der Waals surface area (Å²) in [6.45, 7) is 3.59. The summed E-state index contributed by atoms with van der Waals surface area (Å²) in [5.74, 6) is -3.68. The van der Waals surface area contributed by atoms with Crippen LogP contribution in [0.2, 0.25) is 0 Å². The largest absolute Gasteiger partial charge is 0.480 e. The maximum absolute atomic E-state index is 13.3. The standard InChI is InChI=1S/C23H37N11O5/c1-12(2)18(21(37)32-16(22(38)39)4-3-5-29-23(25)26)34-20(36)17(7-14-9-28-11-31-14)33-19(35)15(24)6-13-8-27-10-30-13/h8-12,15-18H,3-7,24H2,1-2H3,(H,27,30)(H,28,31)(H,32,37)(H,33,35)(H,34,36)(H,38,39)(H4,25,26,29). The molecular weight excluding hydrogens is 510 g/mol. The fourth-order valence-corrected chi connectivity index (χ4v) is 3.64. The van der Waals surface area contributed by atoms with Gasteiger partial charge in [-0.3, -0.25) is 19.4 Å². The number of nitrogens with one attached hydrogen (secondary N) is 5. The van der Waals surface area contributed by atoms with E-state index < -0.39 is 53.8 Å². The summed E-state index contributed by atoms with van der Waals surface area (Å²) in [4.78, 5) is 68.2. The van der Waals surface area contributed by atoms with E-state index in [1.165, 1.54) is 18.9 Å². The van der Waals surface area contributed by atoms with Gasteiger partial charge in [0.25, 0.3) is 0 Å². The Kier molecular flexibility index (Phi) is 11.9. The number of carboxylic acids is 1. The molecule has 0 aromatic carbocycles. The quantitative estimate of drug-likeness (QED) is 0.0605. The Morgan fingerprint density at radius 2 is 1.51 bits per heavy atom. The Morgan fingerprint density at radius 3 is 2.03 bits per heavy atom. The van der Waals surface area contributed by atoms with E-state index in [1.54, 1.807) is 20.0 Å². The van der Waals surface area contributed by atoms with Gasteiger partial charge in [0.15, 0.2) is 5.96 Å². The minimum absolute atomic E-state index is 0.0450. The monoisotopic (exact) mass is 547 g/mol. The molecule has 16 nitrogen and oxygen atoms in total. The molecule has 0 fully saturated rings. The second-order valence-electron chi connectivity index (χ2n) is 9.31. The third-order valence-electron chi connectivity index (χ3n) is 5.75. The number of aliphatic imine (C=N–C) groups is 1. The zero-order chi connectivity index (χ0) is 28.9. The van der Waals surface area contributed by atoms with E-state index >= 15 is 0 Å². The van der Waals surface area contributed by atoms with Crippen molar-refractivity contribution in [2.75, 3.05) is 6.54 Å². The molecule has 4 unspecified atom stereocenters. The van der Waals surface area contributed by atoms with E-state index in [0.29, 0.717) is 17.8 Å². The van der Waals surface area contributed by atoms with Gasteiger partial charge in [0, 0.05) is 43.2 Å². The molecular formula is C23H37N11O5. The Bertz CT molecular complexity index is 1100. The lowest BCUT2D eigenvalue weighted by atomic mass is 10.0. The fourth-order valence-electron chi connectivity index (χ4n) is 3.64. The van der Waals surface area contributed by atoms with Crippen LogP contribution in [0.5, 0.6) is 0 Å². The molecule has 0 aliphatic carbocycles. The number of carbonyl (C=O) groups is 4. The number of amides is 3. The molecule has 39 heavy (non-hydrogen) atoms. The highest BCUT2D eigenvalue weighted by Gasteiger charge is 2.32. The number of aromatic nitrogens is 4. The number of hydrogen-bond donors (Lipinski definition) is 9. The van der Waals surface area contributed by atoms with Crippen LogP contribution in [0.1, 0.15) is 38.1 Å². The minimum atomic E-state index is -1.24. The molecule has 3 amide bonds. The molecule has 2 heterocycles. The van der Waals surface area contributed by atoms with Crippen molar-refractivity contribution >= 4 is 29.7 Å². The summed E-state index contributed by atoms with van der Waals surface area (Å²) in [5, 5.41) is 17.3. The molecule has 0 aliphatic heterocycles. The van der Waals surface area contributed by atoms with Gasteiger partial charge in [0.1, 0.15) is 18.1 Å². The highest BCUT2D eigenvalue weighted by Crippen LogP contribution is 2.08. The minimum Gasteiger partial charge on any atom is -0.480 e. The molecule has 0 spiro atoms. The fraction of sp³-hybridized carbons (Fsp3) is 0.522. The Balaban J connectivity index is 2.10. The molecule has 0 aliphatic rings. The number of guanidine groups is 1. The smallest absolute Gasteiger partial charge is 0.326 e. The maximum Gasteiger partial charge on any atom is 0.326 e. The maximum atomic E-state index is 13.3. The average Bonchev–Trinajstić information content (AvgIpc) is 3.57. The second-order valence-corrected chi connectivity index (χ2v) is 9.31. The summed E-state index contributed by atoms with van der Waals surface area (Å²) < 4.78 is 0. The molecule has 4 atom stereocenters. The van der Waals surface area contributed by atoms with Crippen molar-refractivity contribution in [3.63, 3.8) is 0 Å². The number of imidazole rings is 2. The normalized spacial score (nSPS) is 14.1. The van der Waals surface area contributed by atoms with Crippen LogP contribution < -0.4 is 33.2 Å². The molecule has 214 valence electrons. The van der Waals surface area contributed by atoms with Gasteiger partial charge in [-0.2, -0.15) is 0 Å². The molecule has 0 bridgehead atoms. The predicted octanol–water partition coefficient (Wildman–Crippen LogP) is -2.51. The van der Waals surface area contributed by atoms with Crippen LogP contribution in [0.25, 0.3) is 0 Å². The van der Waals surface area contributed by atoms with E-state index in [9.17, 15) is 24.3 Å². The van der Waals surface area contributed by atoms with Gasteiger partial charge < -0.3 is 48.2 Å². The third-order valence-corrected chi connectivity index (χ3v) is 5.75. The number of carboxylic acid groups (broad SMARTS) is 1. The Morgan fingerprint density at radius 1 is 0.923 bits per heavy atom. The van der Waals surface area contributed by atoms with Crippen LogP contribution >= 0.6 is 0 Å². The van der Waals surface area contributed by atoms with Crippen molar-refractivity contribution in [1.82, 2.24) is 35.9 Å². The van der Waals surface area contributed by atoms with Crippen LogP contribution in [0, 0.1) is 5.92 Å². The van der Waals surface area contributed by atoms with E-state index in [2.05, 4.69) is 40.9 Å². The van der Waals surface area contributed by atoms with Crippen molar-refractivity contribution in [2.45, 2.75) is 63.7 Å². The predicted molar refractivity (Wildman–Crippen MR) is 141 cm³/mol. The van der Waals surface area contributed by atoms with E-state index in [4.69, 9.17) is 17.2 Å². The number of aliphatic carboxylic acids is 1. The molecule has 2 aromatic heterocycles. The number of nitrogens with two attached hydrogens (primary N) is 3. The zero-order valence-electron chi connectivity index (χ0n) is 21.9. The van der Waals surface area contributed by atoms with Gasteiger partial charge in [-0.25, -0.2) is 14.8 Å². The summed E-state index contributed by atoms with van der Waals surface area (Å²) in [7, 11) is 0. The second kappa shape index (κ2) is 15.1. The van der Waals surface area contributed by atoms with Crippen LogP contribution in [0.4, 0.5) is 0 Å². The summed E-state index contributed by atoms with van der Waals surface area (Å²) in [6, 6.07) is -4.38. The van der Waals surface area contributed by atoms with Crippen LogP contribution in [0.15, 0.2) is 30.0 Å². The zero-order valence-corrected chi connectivity index (χ0v) is 21.9. The van der Waals surface area contributed by atoms with Gasteiger partial charge in [-0.05, 0) is 18.8 Å². The van der Waals surface area contributed by atoms with Crippen molar-refractivity contribution in [3.8, 4) is 0 Å². The first-order valence-electron chi connectivity index (χ1n) is 12.4. The summed E-state index contributed by atoms with van der Waals surface area (Å²) in [6.07, 6.45) is 6.53. The molecule has 0 saturated heterocycles. The van der Waals surface area contributed by atoms with Gasteiger partial charge >= 0.3 is 5.97 Å². The number of aromatic amines is 2. The van der Waals surface area contributed by atoms with Crippen LogP contribution in [0.3, 0.4) is 0 Å². The summed E-state index contributed by atoms with van der Waals surface area (Å²) in [5.41, 5.74) is 17.8. The lowest BCUT2D eigenvalue weighted by molar-refractivity contribution is -0.142. The van der Waals surface area contributed by atoms with Crippen molar-refractivity contribution in [2.24, 2.45) is 28.1 Å². The lowest BCUT2D eigenvalue weighted by Crippen LogP contribution is -2.59. The van der Waals surface area contributed by atoms with E-state index in [-0.39, 0.29) is 31.8 Å². The topological polar surface area (TPSA) is 272 Å². The van der Waals surface area contributed by atoms with Gasteiger partial charge in [-0.1, -0.05) is 13.8 Å². The molecule has 2 aromatic rings. The first-order chi connectivity index (χ1) is 18.5. The number of hydrogen-bond acceptors (Lipinski definition) is 8. The first-order valence-corrected chi connectivity index (χ1v) is 12.4. The summed E-state index contributed by atoms with van der Waals surface area (Å²) >= 11 is 0. The van der Waals surface area contributed by atoms with Crippen LogP contribution in [-0.2, 0) is 32.0 Å². The van der Waals surface area contributed by atoms with Gasteiger partial charge in [-0.15, -0.1) is 0 Å². The first kappa shape index (κ1) is 30.8. The number of H-pyrrole nitrogens is 2. The Hall–Kier alpha value is -4.47. The Labute approximate surface area is 225 Å². The number of rotatable bonds is 16. The van der Waals surface area contributed by atoms with E-state index in [1.807, 2.05) is 0 Å². The van der Waals surface area contributed by atoms with Gasteiger partial charge in [0.2, 0.25) is 17.7 Å². The highest BCUT2D eigenvalue weighted by atomic mass is 16.4. The molecule has 16 heteroatoms. The lowest BCUT2D eigenvalue weighted by Gasteiger charge is -2.27. The van der Waals surface area contributed by atoms with Crippen molar-refractivity contribution in [1.29, 1.82) is 0 Å². The average molecular weight is 548 g/mol. The van der Waals surface area contributed by atoms with Crippen LogP contribution in [-0.4, -0.2) is 85.4 Å². The number of nitrogens with zero attached hydrogens (tertiary/aromatic N) is 3. The van der Waals surface area contributed by atoms with Crippen molar-refractivity contribution in [3.05, 3.63) is 36.4 Å².